The molecule has 0 bridgehead atoms. The van der Waals surface area contributed by atoms with E-state index in [1.807, 2.05) is 31.2 Å². The van der Waals surface area contributed by atoms with Gasteiger partial charge in [0.2, 0.25) is 0 Å². The van der Waals surface area contributed by atoms with Gasteiger partial charge in [-0.05, 0) is 30.7 Å². The predicted octanol–water partition coefficient (Wildman–Crippen LogP) is 3.84. The summed E-state index contributed by atoms with van der Waals surface area (Å²) in [6.45, 7) is 1.91. The molecule has 1 heterocycles. The maximum absolute atomic E-state index is 5.79. The second-order valence-corrected chi connectivity index (χ2v) is 3.91. The predicted molar refractivity (Wildman–Crippen MR) is 67.1 cm³/mol. The summed E-state index contributed by atoms with van der Waals surface area (Å²) < 4.78 is 10.9. The summed E-state index contributed by atoms with van der Waals surface area (Å²) in [4.78, 5) is 3.99. The van der Waals surface area contributed by atoms with Crippen molar-refractivity contribution >= 4 is 11.6 Å². The van der Waals surface area contributed by atoms with E-state index in [0.29, 0.717) is 22.4 Å². The largest absolute Gasteiger partial charge is 0.493 e. The van der Waals surface area contributed by atoms with Gasteiger partial charge in [-0.2, -0.15) is 0 Å². The van der Waals surface area contributed by atoms with E-state index in [9.17, 15) is 0 Å². The van der Waals surface area contributed by atoms with E-state index in [-0.39, 0.29) is 0 Å². The molecule has 0 atom stereocenters. The number of aromatic nitrogens is 1. The van der Waals surface area contributed by atoms with Gasteiger partial charge in [0.15, 0.2) is 11.5 Å². The molecule has 0 saturated carbocycles. The highest BCUT2D eigenvalue weighted by molar-refractivity contribution is 6.29. The van der Waals surface area contributed by atoms with Gasteiger partial charge in [-0.25, -0.2) is 4.98 Å². The summed E-state index contributed by atoms with van der Waals surface area (Å²) in [5.41, 5.74) is 0.927. The van der Waals surface area contributed by atoms with Crippen LogP contribution in [0.15, 0.2) is 36.5 Å². The van der Waals surface area contributed by atoms with Crippen molar-refractivity contribution in [3.05, 3.63) is 47.2 Å². The third kappa shape index (κ3) is 2.68. The maximum Gasteiger partial charge on any atom is 0.169 e. The second-order valence-electron chi connectivity index (χ2n) is 3.53. The second kappa shape index (κ2) is 5.06. The first-order valence-corrected chi connectivity index (χ1v) is 5.51. The number of hydrogen-bond donors (Lipinski definition) is 0. The van der Waals surface area contributed by atoms with Gasteiger partial charge in [-0.15, -0.1) is 0 Å². The lowest BCUT2D eigenvalue weighted by Gasteiger charge is -2.11. The van der Waals surface area contributed by atoms with Crippen LogP contribution in [-0.2, 0) is 0 Å². The molecule has 0 fully saturated rings. The zero-order chi connectivity index (χ0) is 12.3. The first-order valence-electron chi connectivity index (χ1n) is 5.13. The number of nitrogens with zero attached hydrogens (tertiary/aromatic N) is 1. The SMILES string of the molecule is COc1ccccc1Oc1cnc(Cl)cc1C. The van der Waals surface area contributed by atoms with Crippen LogP contribution >= 0.6 is 11.6 Å². The van der Waals surface area contributed by atoms with E-state index >= 15 is 0 Å². The van der Waals surface area contributed by atoms with Gasteiger partial charge in [-0.1, -0.05) is 23.7 Å². The van der Waals surface area contributed by atoms with Crippen molar-refractivity contribution < 1.29 is 9.47 Å². The van der Waals surface area contributed by atoms with Crippen LogP contribution in [0.1, 0.15) is 5.56 Å². The van der Waals surface area contributed by atoms with Gasteiger partial charge in [0.25, 0.3) is 0 Å². The molecule has 0 spiro atoms. The van der Waals surface area contributed by atoms with Crippen molar-refractivity contribution in [2.75, 3.05) is 7.11 Å². The monoisotopic (exact) mass is 249 g/mol. The molecular formula is C13H12ClNO2. The molecule has 0 amide bonds. The number of pyridine rings is 1. The van der Waals surface area contributed by atoms with Crippen LogP contribution < -0.4 is 9.47 Å². The highest BCUT2D eigenvalue weighted by Gasteiger charge is 2.07. The molecule has 0 unspecified atom stereocenters. The molecule has 1 aromatic heterocycles. The minimum absolute atomic E-state index is 0.454. The lowest BCUT2D eigenvalue weighted by Crippen LogP contribution is -1.92. The molecule has 3 nitrogen and oxygen atoms in total. The highest BCUT2D eigenvalue weighted by atomic mass is 35.5. The van der Waals surface area contributed by atoms with Gasteiger partial charge in [-0.3, -0.25) is 0 Å². The number of methoxy groups -OCH3 is 1. The summed E-state index contributed by atoms with van der Waals surface area (Å²) in [5, 5.41) is 0.454. The van der Waals surface area contributed by atoms with Gasteiger partial charge in [0.05, 0.1) is 13.3 Å². The number of aryl methyl sites for hydroxylation is 1. The van der Waals surface area contributed by atoms with Crippen LogP contribution in [0.5, 0.6) is 17.2 Å². The van der Waals surface area contributed by atoms with Crippen LogP contribution in [0.2, 0.25) is 5.15 Å². The van der Waals surface area contributed by atoms with Crippen molar-refractivity contribution in [2.45, 2.75) is 6.92 Å². The normalized spacial score (nSPS) is 10.1. The summed E-state index contributed by atoms with van der Waals surface area (Å²) in [7, 11) is 1.61. The molecule has 88 valence electrons. The van der Waals surface area contributed by atoms with Gasteiger partial charge in [0.1, 0.15) is 10.9 Å². The Bertz CT molecular complexity index is 529. The molecule has 0 N–H and O–H groups in total. The van der Waals surface area contributed by atoms with Crippen molar-refractivity contribution in [1.82, 2.24) is 4.98 Å². The van der Waals surface area contributed by atoms with Crippen LogP contribution in [0.3, 0.4) is 0 Å². The Morgan fingerprint density at radius 2 is 1.82 bits per heavy atom. The van der Waals surface area contributed by atoms with Crippen molar-refractivity contribution in [2.24, 2.45) is 0 Å². The highest BCUT2D eigenvalue weighted by Crippen LogP contribution is 2.32. The fraction of sp³-hybridized carbons (Fsp3) is 0.154. The minimum Gasteiger partial charge on any atom is -0.493 e. The zero-order valence-corrected chi connectivity index (χ0v) is 10.4. The number of benzene rings is 1. The molecule has 0 aliphatic carbocycles. The first-order chi connectivity index (χ1) is 8.20. The van der Waals surface area contributed by atoms with Crippen molar-refractivity contribution in [3.63, 3.8) is 0 Å². The van der Waals surface area contributed by atoms with E-state index in [2.05, 4.69) is 4.98 Å². The van der Waals surface area contributed by atoms with Gasteiger partial charge in [0, 0.05) is 0 Å². The Kier molecular flexibility index (Phi) is 3.49. The molecule has 0 radical (unpaired) electrons. The molecule has 0 aliphatic heterocycles. The van der Waals surface area contributed by atoms with E-state index in [0.717, 1.165) is 5.56 Å². The van der Waals surface area contributed by atoms with Gasteiger partial charge < -0.3 is 9.47 Å². The molecule has 17 heavy (non-hydrogen) atoms. The Balaban J connectivity index is 2.31. The number of hydrogen-bond acceptors (Lipinski definition) is 3. The number of halogens is 1. The average molecular weight is 250 g/mol. The summed E-state index contributed by atoms with van der Waals surface area (Å²) >= 11 is 5.79. The summed E-state index contributed by atoms with van der Waals surface area (Å²) in [6.07, 6.45) is 1.60. The van der Waals surface area contributed by atoms with Gasteiger partial charge >= 0.3 is 0 Å². The molecule has 2 aromatic rings. The van der Waals surface area contributed by atoms with Crippen LogP contribution in [0, 0.1) is 6.92 Å². The molecule has 1 aromatic carbocycles. The Morgan fingerprint density at radius 3 is 2.47 bits per heavy atom. The third-order valence-electron chi connectivity index (χ3n) is 2.32. The number of para-hydroxylation sites is 2. The third-order valence-corrected chi connectivity index (χ3v) is 2.53. The Labute approximate surface area is 105 Å². The van der Waals surface area contributed by atoms with E-state index in [1.165, 1.54) is 0 Å². The smallest absolute Gasteiger partial charge is 0.169 e. The quantitative estimate of drug-likeness (QED) is 0.775. The van der Waals surface area contributed by atoms with Crippen molar-refractivity contribution in [1.29, 1.82) is 0 Å². The van der Waals surface area contributed by atoms with E-state index < -0.39 is 0 Å². The lowest BCUT2D eigenvalue weighted by molar-refractivity contribution is 0.377. The fourth-order valence-electron chi connectivity index (χ4n) is 1.44. The molecule has 4 heteroatoms. The average Bonchev–Trinajstić information content (AvgIpc) is 2.33. The molecular weight excluding hydrogens is 238 g/mol. The topological polar surface area (TPSA) is 31.4 Å². The number of rotatable bonds is 3. The molecule has 0 saturated heterocycles. The molecule has 0 aliphatic rings. The fourth-order valence-corrected chi connectivity index (χ4v) is 1.65. The zero-order valence-electron chi connectivity index (χ0n) is 9.61. The summed E-state index contributed by atoms with van der Waals surface area (Å²) in [6, 6.07) is 9.21. The van der Waals surface area contributed by atoms with Crippen LogP contribution in [-0.4, -0.2) is 12.1 Å². The van der Waals surface area contributed by atoms with Crippen LogP contribution in [0.4, 0.5) is 0 Å². The summed E-state index contributed by atoms with van der Waals surface area (Å²) in [5.74, 6) is 2.00. The van der Waals surface area contributed by atoms with E-state index in [1.54, 1.807) is 19.4 Å². The maximum atomic E-state index is 5.79. The van der Waals surface area contributed by atoms with Crippen molar-refractivity contribution in [3.8, 4) is 17.2 Å². The number of ether oxygens (including phenoxy) is 2. The Hall–Kier alpha value is -1.74. The first kappa shape index (κ1) is 11.7. The molecule has 2 rings (SSSR count). The minimum atomic E-state index is 0.454. The van der Waals surface area contributed by atoms with Crippen LogP contribution in [0.25, 0.3) is 0 Å². The standard InChI is InChI=1S/C13H12ClNO2/c1-9-7-13(14)15-8-12(9)17-11-6-4-3-5-10(11)16-2/h3-8H,1-2H3. The van der Waals surface area contributed by atoms with E-state index in [4.69, 9.17) is 21.1 Å². The Morgan fingerprint density at radius 1 is 1.12 bits per heavy atom. The lowest BCUT2D eigenvalue weighted by atomic mass is 10.3.